The Morgan fingerprint density at radius 3 is 2.37 bits per heavy atom. The van der Waals surface area contributed by atoms with Gasteiger partial charge in [-0.05, 0) is 42.2 Å². The number of rotatable bonds is 6. The van der Waals surface area contributed by atoms with Gasteiger partial charge < -0.3 is 15.0 Å². The fourth-order valence-corrected chi connectivity index (χ4v) is 4.71. The van der Waals surface area contributed by atoms with Gasteiger partial charge in [-0.25, -0.2) is 4.39 Å². The number of carbonyl (C=O) groups is 2. The highest BCUT2D eigenvalue weighted by molar-refractivity contribution is 6.46. The molecular formula is C29H25FN2O3. The van der Waals surface area contributed by atoms with Gasteiger partial charge in [-0.15, -0.1) is 0 Å². The number of hydrogen-bond donors (Lipinski definition) is 2. The second-order valence-corrected chi connectivity index (χ2v) is 8.71. The lowest BCUT2D eigenvalue weighted by molar-refractivity contribution is -0.139. The van der Waals surface area contributed by atoms with Crippen LogP contribution in [0.5, 0.6) is 0 Å². The summed E-state index contributed by atoms with van der Waals surface area (Å²) in [5, 5.41) is 12.1. The van der Waals surface area contributed by atoms with Crippen molar-refractivity contribution in [2.45, 2.75) is 25.8 Å². The maximum atomic E-state index is 13.3. The summed E-state index contributed by atoms with van der Waals surface area (Å²) in [6, 6.07) is 20.3. The molecule has 0 spiro atoms. The first-order valence-corrected chi connectivity index (χ1v) is 11.7. The number of benzene rings is 3. The standard InChI is InChI=1S/C29H25FN2O3/c1-2-18-7-11-20(12-8-18)27(33)25-26(23-17-31-24-6-4-3-5-22(23)24)32(29(35)28(25)34)16-15-19-9-13-21(30)14-10-19/h3-14,17,26,31,33H,2,15-16H2,1H3/b27-25+. The van der Waals surface area contributed by atoms with E-state index in [-0.39, 0.29) is 23.7 Å². The Morgan fingerprint density at radius 1 is 0.971 bits per heavy atom. The average Bonchev–Trinajstić information content (AvgIpc) is 3.42. The van der Waals surface area contributed by atoms with Crippen LogP contribution >= 0.6 is 0 Å². The van der Waals surface area contributed by atoms with Crippen molar-refractivity contribution in [3.05, 3.63) is 113 Å². The highest BCUT2D eigenvalue weighted by Crippen LogP contribution is 2.42. The molecule has 0 saturated carbocycles. The Hall–Kier alpha value is -4.19. The summed E-state index contributed by atoms with van der Waals surface area (Å²) in [6.07, 6.45) is 3.08. The van der Waals surface area contributed by atoms with Crippen LogP contribution < -0.4 is 0 Å². The van der Waals surface area contributed by atoms with Crippen LogP contribution in [0.3, 0.4) is 0 Å². The first-order valence-electron chi connectivity index (χ1n) is 11.7. The number of aliphatic hydroxyl groups is 1. The molecule has 4 aromatic rings. The van der Waals surface area contributed by atoms with Gasteiger partial charge in [0.1, 0.15) is 11.6 Å². The van der Waals surface area contributed by atoms with Crippen LogP contribution in [0.15, 0.2) is 84.6 Å². The number of nitrogens with one attached hydrogen (secondary N) is 1. The van der Waals surface area contributed by atoms with E-state index in [0.29, 0.717) is 12.0 Å². The van der Waals surface area contributed by atoms with Crippen molar-refractivity contribution < 1.29 is 19.1 Å². The molecule has 0 bridgehead atoms. The SMILES string of the molecule is CCc1ccc(/C(O)=C2\C(=O)C(=O)N(CCc3ccc(F)cc3)C2c2c[nH]c3ccccc23)cc1. The topological polar surface area (TPSA) is 73.4 Å². The molecule has 1 fully saturated rings. The molecule has 1 aromatic heterocycles. The second-order valence-electron chi connectivity index (χ2n) is 8.71. The molecule has 176 valence electrons. The van der Waals surface area contributed by atoms with Gasteiger partial charge in [-0.3, -0.25) is 9.59 Å². The molecule has 1 aliphatic rings. The molecule has 6 heteroatoms. The smallest absolute Gasteiger partial charge is 0.295 e. The number of aromatic nitrogens is 1. The van der Waals surface area contributed by atoms with Crippen molar-refractivity contribution in [2.24, 2.45) is 0 Å². The normalized spacial score (nSPS) is 17.4. The zero-order valence-electron chi connectivity index (χ0n) is 19.3. The minimum atomic E-state index is -0.752. The van der Waals surface area contributed by atoms with E-state index in [1.807, 2.05) is 43.3 Å². The van der Waals surface area contributed by atoms with Crippen LogP contribution in [-0.2, 0) is 22.4 Å². The lowest BCUT2D eigenvalue weighted by atomic mass is 9.94. The summed E-state index contributed by atoms with van der Waals surface area (Å²) in [5.74, 6) is -1.89. The largest absolute Gasteiger partial charge is 0.507 e. The van der Waals surface area contributed by atoms with Gasteiger partial charge in [0.05, 0.1) is 11.6 Å². The number of aliphatic hydroxyl groups excluding tert-OH is 1. The number of carbonyl (C=O) groups excluding carboxylic acids is 2. The number of aryl methyl sites for hydroxylation is 1. The summed E-state index contributed by atoms with van der Waals surface area (Å²) in [6.45, 7) is 2.28. The van der Waals surface area contributed by atoms with E-state index in [1.165, 1.54) is 17.0 Å². The van der Waals surface area contributed by atoms with E-state index in [0.717, 1.165) is 34.0 Å². The second kappa shape index (κ2) is 9.22. The third-order valence-corrected chi connectivity index (χ3v) is 6.65. The monoisotopic (exact) mass is 468 g/mol. The summed E-state index contributed by atoms with van der Waals surface area (Å²) in [7, 11) is 0. The van der Waals surface area contributed by atoms with Crippen LogP contribution in [0, 0.1) is 5.82 Å². The number of hydrogen-bond acceptors (Lipinski definition) is 3. The molecule has 1 unspecified atom stereocenters. The van der Waals surface area contributed by atoms with Gasteiger partial charge in [0.25, 0.3) is 11.7 Å². The van der Waals surface area contributed by atoms with Gasteiger partial charge in [0.15, 0.2) is 0 Å². The Kier molecular flexibility index (Phi) is 5.95. The van der Waals surface area contributed by atoms with Crippen molar-refractivity contribution in [1.82, 2.24) is 9.88 Å². The maximum absolute atomic E-state index is 13.3. The number of Topliss-reactive ketones (excluding diaryl/α,β-unsaturated/α-hetero) is 1. The fourth-order valence-electron chi connectivity index (χ4n) is 4.71. The van der Waals surface area contributed by atoms with E-state index < -0.39 is 17.7 Å². The first-order chi connectivity index (χ1) is 17.0. The van der Waals surface area contributed by atoms with E-state index in [4.69, 9.17) is 0 Å². The van der Waals surface area contributed by atoms with Crippen molar-refractivity contribution in [2.75, 3.05) is 6.54 Å². The van der Waals surface area contributed by atoms with Gasteiger partial charge in [-0.1, -0.05) is 61.5 Å². The molecule has 5 nitrogen and oxygen atoms in total. The van der Waals surface area contributed by atoms with Crippen LogP contribution in [0.1, 0.15) is 35.2 Å². The number of halogens is 1. The predicted molar refractivity (Wildman–Crippen MR) is 133 cm³/mol. The third-order valence-electron chi connectivity index (χ3n) is 6.65. The average molecular weight is 469 g/mol. The van der Waals surface area contributed by atoms with Crippen molar-refractivity contribution in [3.63, 3.8) is 0 Å². The summed E-state index contributed by atoms with van der Waals surface area (Å²) in [5.41, 5.74) is 4.13. The predicted octanol–water partition coefficient (Wildman–Crippen LogP) is 5.53. The van der Waals surface area contributed by atoms with E-state index in [9.17, 15) is 19.1 Å². The molecule has 1 atom stereocenters. The Morgan fingerprint density at radius 2 is 1.66 bits per heavy atom. The molecule has 2 N–H and O–H groups in total. The van der Waals surface area contributed by atoms with Crippen LogP contribution in [-0.4, -0.2) is 33.2 Å². The zero-order valence-corrected chi connectivity index (χ0v) is 19.3. The van der Waals surface area contributed by atoms with Gasteiger partial charge in [0, 0.05) is 34.8 Å². The molecule has 2 heterocycles. The van der Waals surface area contributed by atoms with Crippen molar-refractivity contribution >= 4 is 28.4 Å². The molecule has 35 heavy (non-hydrogen) atoms. The Bertz CT molecular complexity index is 1440. The number of ketones is 1. The lowest BCUT2D eigenvalue weighted by Gasteiger charge is -2.25. The first kappa shape index (κ1) is 22.6. The summed E-state index contributed by atoms with van der Waals surface area (Å²) < 4.78 is 13.3. The zero-order chi connectivity index (χ0) is 24.5. The third kappa shape index (κ3) is 4.12. The van der Waals surface area contributed by atoms with E-state index in [1.54, 1.807) is 30.5 Å². The van der Waals surface area contributed by atoms with Gasteiger partial charge in [-0.2, -0.15) is 0 Å². The van der Waals surface area contributed by atoms with Gasteiger partial charge >= 0.3 is 0 Å². The fraction of sp³-hybridized carbons (Fsp3) is 0.172. The molecule has 3 aromatic carbocycles. The highest BCUT2D eigenvalue weighted by Gasteiger charge is 2.46. The van der Waals surface area contributed by atoms with Crippen LogP contribution in [0.2, 0.25) is 0 Å². The van der Waals surface area contributed by atoms with E-state index in [2.05, 4.69) is 4.98 Å². The summed E-state index contributed by atoms with van der Waals surface area (Å²) in [4.78, 5) is 31.2. The number of aromatic amines is 1. The molecule has 0 radical (unpaired) electrons. The van der Waals surface area contributed by atoms with Crippen molar-refractivity contribution in [3.8, 4) is 0 Å². The molecule has 0 aliphatic carbocycles. The van der Waals surface area contributed by atoms with Gasteiger partial charge in [0.2, 0.25) is 0 Å². The number of amides is 1. The molecule has 1 aliphatic heterocycles. The Balaban J connectivity index is 1.61. The minimum Gasteiger partial charge on any atom is -0.507 e. The molecule has 1 saturated heterocycles. The maximum Gasteiger partial charge on any atom is 0.295 e. The number of nitrogens with zero attached hydrogens (tertiary/aromatic N) is 1. The van der Waals surface area contributed by atoms with Crippen LogP contribution in [0.4, 0.5) is 4.39 Å². The molecule has 5 rings (SSSR count). The molecule has 1 amide bonds. The number of fused-ring (bicyclic) bond motifs is 1. The highest BCUT2D eigenvalue weighted by atomic mass is 19.1. The number of H-pyrrole nitrogens is 1. The number of para-hydroxylation sites is 1. The molecular weight excluding hydrogens is 443 g/mol. The van der Waals surface area contributed by atoms with E-state index >= 15 is 0 Å². The van der Waals surface area contributed by atoms with Crippen molar-refractivity contribution in [1.29, 1.82) is 0 Å². The number of likely N-dealkylation sites (tertiary alicyclic amines) is 1. The lowest BCUT2D eigenvalue weighted by Crippen LogP contribution is -2.31. The quantitative estimate of drug-likeness (QED) is 0.222. The minimum absolute atomic E-state index is 0.0723. The summed E-state index contributed by atoms with van der Waals surface area (Å²) >= 11 is 0. The van der Waals surface area contributed by atoms with Crippen LogP contribution in [0.25, 0.3) is 16.7 Å². The Labute approximate surface area is 202 Å².